The van der Waals surface area contributed by atoms with Crippen LogP contribution < -0.4 is 5.73 Å². The zero-order valence-corrected chi connectivity index (χ0v) is 11.7. The molecule has 1 aliphatic rings. The highest BCUT2D eigenvalue weighted by Gasteiger charge is 2.46. The molecule has 0 aromatic heterocycles. The summed E-state index contributed by atoms with van der Waals surface area (Å²) in [7, 11) is -4.86. The molecule has 1 aromatic carbocycles. The van der Waals surface area contributed by atoms with Crippen molar-refractivity contribution in [1.82, 2.24) is 4.90 Å². The van der Waals surface area contributed by atoms with Crippen molar-refractivity contribution < 1.29 is 27.4 Å². The first-order valence-electron chi connectivity index (χ1n) is 5.88. The van der Waals surface area contributed by atoms with Crippen LogP contribution in [0.3, 0.4) is 0 Å². The summed E-state index contributed by atoms with van der Waals surface area (Å²) >= 11 is 0. The number of nitrogens with two attached hydrogens (primary N) is 1. The monoisotopic (exact) mass is 312 g/mol. The zero-order chi connectivity index (χ0) is 15.9. The number of imide groups is 1. The van der Waals surface area contributed by atoms with Crippen LogP contribution in [0.5, 0.6) is 0 Å². The molecule has 1 aliphatic heterocycles. The normalized spacial score (nSPS) is 17.5. The number of hydrogen-bond donors (Lipinski definition) is 2. The molecule has 2 rings (SSSR count). The highest BCUT2D eigenvalue weighted by molar-refractivity contribution is 7.87. The topological polar surface area (TPSA) is 135 Å². The van der Waals surface area contributed by atoms with E-state index in [0.717, 1.165) is 6.92 Å². The molecule has 1 aromatic rings. The van der Waals surface area contributed by atoms with E-state index in [1.54, 1.807) is 12.1 Å². The molecule has 112 valence electrons. The third kappa shape index (κ3) is 2.41. The van der Waals surface area contributed by atoms with E-state index in [4.69, 9.17) is 10.3 Å². The number of primary amides is 1. The van der Waals surface area contributed by atoms with Gasteiger partial charge in [0.25, 0.3) is 21.9 Å². The molecule has 0 spiro atoms. The Morgan fingerprint density at radius 2 is 1.62 bits per heavy atom. The second-order valence-electron chi connectivity index (χ2n) is 4.60. The van der Waals surface area contributed by atoms with Crippen molar-refractivity contribution in [2.75, 3.05) is 0 Å². The van der Waals surface area contributed by atoms with E-state index in [1.165, 1.54) is 12.1 Å². The van der Waals surface area contributed by atoms with Crippen molar-refractivity contribution in [2.24, 2.45) is 5.73 Å². The van der Waals surface area contributed by atoms with E-state index in [1.807, 2.05) is 0 Å². The van der Waals surface area contributed by atoms with Crippen LogP contribution in [0.1, 0.15) is 27.6 Å². The summed E-state index contributed by atoms with van der Waals surface area (Å²) in [4.78, 5) is 36.2. The molecule has 2 atom stereocenters. The zero-order valence-electron chi connectivity index (χ0n) is 10.9. The molecule has 3 N–H and O–H groups in total. The summed E-state index contributed by atoms with van der Waals surface area (Å²) in [6.45, 7) is 1.16. The summed E-state index contributed by atoms with van der Waals surface area (Å²) in [5, 5.41) is -2.08. The Morgan fingerprint density at radius 3 is 1.95 bits per heavy atom. The number of carbonyl (C=O) groups excluding carboxylic acids is 3. The Kier molecular flexibility index (Phi) is 3.56. The molecule has 1 heterocycles. The number of fused-ring (bicyclic) bond motifs is 1. The van der Waals surface area contributed by atoms with E-state index in [9.17, 15) is 22.8 Å². The van der Waals surface area contributed by atoms with E-state index in [-0.39, 0.29) is 11.1 Å². The average Bonchev–Trinajstić information content (AvgIpc) is 2.60. The van der Waals surface area contributed by atoms with Crippen molar-refractivity contribution in [3.63, 3.8) is 0 Å². The maximum absolute atomic E-state index is 12.2. The fourth-order valence-electron chi connectivity index (χ4n) is 2.35. The first kappa shape index (κ1) is 15.1. The van der Waals surface area contributed by atoms with E-state index in [2.05, 4.69) is 0 Å². The molecular weight excluding hydrogens is 300 g/mol. The van der Waals surface area contributed by atoms with Crippen LogP contribution in [0.2, 0.25) is 0 Å². The SMILES string of the molecule is CC(C(C(N)=O)S(=O)(=O)O)N1C(=O)c2ccccc2C1=O. The number of rotatable bonds is 4. The lowest BCUT2D eigenvalue weighted by Gasteiger charge is -2.26. The van der Waals surface area contributed by atoms with Crippen molar-refractivity contribution in [3.8, 4) is 0 Å². The van der Waals surface area contributed by atoms with Crippen LogP contribution >= 0.6 is 0 Å². The highest BCUT2D eigenvalue weighted by Crippen LogP contribution is 2.26. The van der Waals surface area contributed by atoms with E-state index < -0.39 is 39.1 Å². The smallest absolute Gasteiger partial charge is 0.279 e. The minimum Gasteiger partial charge on any atom is -0.368 e. The second kappa shape index (κ2) is 4.93. The molecule has 2 unspecified atom stereocenters. The van der Waals surface area contributed by atoms with Gasteiger partial charge in [0.05, 0.1) is 17.2 Å². The van der Waals surface area contributed by atoms with Gasteiger partial charge in [-0.1, -0.05) is 12.1 Å². The van der Waals surface area contributed by atoms with Gasteiger partial charge in [0, 0.05) is 0 Å². The molecule has 0 bridgehead atoms. The average molecular weight is 312 g/mol. The fourth-order valence-corrected chi connectivity index (χ4v) is 3.26. The Morgan fingerprint density at radius 1 is 1.19 bits per heavy atom. The van der Waals surface area contributed by atoms with Gasteiger partial charge in [0.2, 0.25) is 5.91 Å². The van der Waals surface area contributed by atoms with Gasteiger partial charge < -0.3 is 5.73 Å². The van der Waals surface area contributed by atoms with Crippen LogP contribution in [0.25, 0.3) is 0 Å². The molecule has 21 heavy (non-hydrogen) atoms. The molecule has 8 nitrogen and oxygen atoms in total. The Balaban J connectivity index is 2.47. The number of nitrogens with zero attached hydrogens (tertiary/aromatic N) is 1. The molecule has 3 amide bonds. The van der Waals surface area contributed by atoms with Crippen LogP contribution in [0.15, 0.2) is 24.3 Å². The number of amides is 3. The molecule has 9 heteroatoms. The number of hydrogen-bond acceptors (Lipinski definition) is 5. The Bertz CT molecular complexity index is 707. The van der Waals surface area contributed by atoms with Gasteiger partial charge in [-0.2, -0.15) is 8.42 Å². The number of carbonyl (C=O) groups is 3. The molecular formula is C12H12N2O6S. The van der Waals surface area contributed by atoms with Gasteiger partial charge in [-0.05, 0) is 19.1 Å². The largest absolute Gasteiger partial charge is 0.368 e. The van der Waals surface area contributed by atoms with Crippen LogP contribution in [-0.4, -0.2) is 46.9 Å². The summed E-state index contributed by atoms with van der Waals surface area (Å²) in [5.74, 6) is -2.82. The fraction of sp³-hybridized carbons (Fsp3) is 0.250. The van der Waals surface area contributed by atoms with Gasteiger partial charge in [-0.25, -0.2) is 0 Å². The molecule has 0 saturated carbocycles. The third-order valence-electron chi connectivity index (χ3n) is 3.27. The summed E-state index contributed by atoms with van der Waals surface area (Å²) in [5.41, 5.74) is 5.17. The number of benzene rings is 1. The molecule has 0 fully saturated rings. The van der Waals surface area contributed by atoms with Gasteiger partial charge in [-0.3, -0.25) is 23.8 Å². The first-order chi connectivity index (χ1) is 9.66. The minimum atomic E-state index is -4.86. The van der Waals surface area contributed by atoms with Gasteiger partial charge in [0.15, 0.2) is 5.25 Å². The predicted molar refractivity (Wildman–Crippen MR) is 70.9 cm³/mol. The lowest BCUT2D eigenvalue weighted by Crippen LogP contribution is -2.53. The minimum absolute atomic E-state index is 0.105. The lowest BCUT2D eigenvalue weighted by atomic mass is 10.1. The lowest BCUT2D eigenvalue weighted by molar-refractivity contribution is -0.118. The standard InChI is InChI=1S/C12H12N2O6S/c1-6(9(10(13)15)21(18,19)20)14-11(16)7-4-2-3-5-8(7)12(14)17/h2-6,9H,1H3,(H2,13,15)(H,18,19,20). The maximum atomic E-state index is 12.2. The predicted octanol–water partition coefficient (Wildman–Crippen LogP) is -0.587. The van der Waals surface area contributed by atoms with Crippen molar-refractivity contribution in [1.29, 1.82) is 0 Å². The van der Waals surface area contributed by atoms with Crippen molar-refractivity contribution in [2.45, 2.75) is 18.2 Å². The highest BCUT2D eigenvalue weighted by atomic mass is 32.2. The van der Waals surface area contributed by atoms with Crippen LogP contribution in [-0.2, 0) is 14.9 Å². The van der Waals surface area contributed by atoms with Gasteiger partial charge in [-0.15, -0.1) is 0 Å². The van der Waals surface area contributed by atoms with Gasteiger partial charge in [0.1, 0.15) is 0 Å². The van der Waals surface area contributed by atoms with Crippen molar-refractivity contribution >= 4 is 27.8 Å². The quantitative estimate of drug-likeness (QED) is 0.563. The molecule has 0 radical (unpaired) electrons. The van der Waals surface area contributed by atoms with E-state index in [0.29, 0.717) is 4.90 Å². The van der Waals surface area contributed by atoms with E-state index >= 15 is 0 Å². The maximum Gasteiger partial charge on any atom is 0.279 e. The summed E-state index contributed by atoms with van der Waals surface area (Å²) < 4.78 is 31.6. The summed E-state index contributed by atoms with van der Waals surface area (Å²) in [6, 6.07) is 4.49. The van der Waals surface area contributed by atoms with Gasteiger partial charge >= 0.3 is 0 Å². The third-order valence-corrected chi connectivity index (χ3v) is 4.54. The second-order valence-corrected chi connectivity index (χ2v) is 6.14. The Labute approximate surface area is 120 Å². The van der Waals surface area contributed by atoms with Crippen LogP contribution in [0, 0.1) is 0 Å². The molecule has 0 saturated heterocycles. The Hall–Kier alpha value is -2.26. The van der Waals surface area contributed by atoms with Crippen LogP contribution in [0.4, 0.5) is 0 Å². The van der Waals surface area contributed by atoms with Crippen molar-refractivity contribution in [3.05, 3.63) is 35.4 Å². The first-order valence-corrected chi connectivity index (χ1v) is 7.39. The summed E-state index contributed by atoms with van der Waals surface area (Å²) in [6.07, 6.45) is 0. The molecule has 0 aliphatic carbocycles.